The molecule has 0 bridgehead atoms. The van der Waals surface area contributed by atoms with Gasteiger partial charge in [-0.25, -0.2) is 0 Å². The van der Waals surface area contributed by atoms with E-state index in [1.165, 1.54) is 12.8 Å². The van der Waals surface area contributed by atoms with Crippen LogP contribution in [0.5, 0.6) is 0 Å². The Kier molecular flexibility index (Phi) is 3.89. The SMILES string of the molecule is COC(=O)CC1CCN(c2ccc(Cl)cc2)C1. The van der Waals surface area contributed by atoms with Gasteiger partial charge < -0.3 is 9.64 Å². The number of hydrogen-bond donors (Lipinski definition) is 0. The Labute approximate surface area is 106 Å². The summed E-state index contributed by atoms with van der Waals surface area (Å²) in [7, 11) is 1.44. The molecule has 17 heavy (non-hydrogen) atoms. The maximum atomic E-state index is 11.2. The highest BCUT2D eigenvalue weighted by atomic mass is 35.5. The largest absolute Gasteiger partial charge is 0.469 e. The standard InChI is InChI=1S/C13H16ClNO2/c1-17-13(16)8-10-6-7-15(9-10)12-4-2-11(14)3-5-12/h2-5,10H,6-9H2,1H3. The average Bonchev–Trinajstić information content (AvgIpc) is 2.78. The predicted molar refractivity (Wildman–Crippen MR) is 68.4 cm³/mol. The molecular formula is C13H16ClNO2. The van der Waals surface area contributed by atoms with Gasteiger partial charge in [0.15, 0.2) is 0 Å². The van der Waals surface area contributed by atoms with E-state index < -0.39 is 0 Å². The number of anilines is 1. The number of benzene rings is 1. The number of nitrogens with zero attached hydrogens (tertiary/aromatic N) is 1. The van der Waals surface area contributed by atoms with Gasteiger partial charge in [0.25, 0.3) is 0 Å². The first-order valence-corrected chi connectivity index (χ1v) is 6.14. The Hall–Kier alpha value is -1.22. The smallest absolute Gasteiger partial charge is 0.305 e. The third kappa shape index (κ3) is 3.13. The van der Waals surface area contributed by atoms with Crippen LogP contribution in [0.2, 0.25) is 5.02 Å². The van der Waals surface area contributed by atoms with E-state index in [0.29, 0.717) is 12.3 Å². The van der Waals surface area contributed by atoms with E-state index in [-0.39, 0.29) is 5.97 Å². The van der Waals surface area contributed by atoms with Gasteiger partial charge in [-0.2, -0.15) is 0 Å². The van der Waals surface area contributed by atoms with Crippen molar-refractivity contribution in [3.63, 3.8) is 0 Å². The lowest BCUT2D eigenvalue weighted by molar-refractivity contribution is -0.141. The number of hydrogen-bond acceptors (Lipinski definition) is 3. The summed E-state index contributed by atoms with van der Waals surface area (Å²) in [4.78, 5) is 13.5. The Bertz CT molecular complexity index is 391. The van der Waals surface area contributed by atoms with Gasteiger partial charge in [-0.05, 0) is 36.6 Å². The van der Waals surface area contributed by atoms with Crippen LogP contribution < -0.4 is 4.90 Å². The van der Waals surface area contributed by atoms with Crippen LogP contribution in [0.3, 0.4) is 0 Å². The number of ether oxygens (including phenoxy) is 1. The molecule has 1 atom stereocenters. The summed E-state index contributed by atoms with van der Waals surface area (Å²) >= 11 is 5.85. The van der Waals surface area contributed by atoms with Crippen LogP contribution in [0.4, 0.5) is 5.69 Å². The molecule has 1 aliphatic heterocycles. The lowest BCUT2D eigenvalue weighted by Gasteiger charge is -2.18. The second kappa shape index (κ2) is 5.41. The molecule has 1 fully saturated rings. The van der Waals surface area contributed by atoms with Crippen molar-refractivity contribution in [3.05, 3.63) is 29.3 Å². The van der Waals surface area contributed by atoms with Crippen molar-refractivity contribution >= 4 is 23.3 Å². The van der Waals surface area contributed by atoms with Crippen LogP contribution in [0, 0.1) is 5.92 Å². The van der Waals surface area contributed by atoms with E-state index in [1.807, 2.05) is 24.3 Å². The van der Waals surface area contributed by atoms with E-state index in [1.54, 1.807) is 0 Å². The molecule has 0 spiro atoms. The van der Waals surface area contributed by atoms with E-state index in [9.17, 15) is 4.79 Å². The van der Waals surface area contributed by atoms with E-state index in [4.69, 9.17) is 16.3 Å². The summed E-state index contributed by atoms with van der Waals surface area (Å²) in [6.45, 7) is 1.90. The van der Waals surface area contributed by atoms with Crippen molar-refractivity contribution in [3.8, 4) is 0 Å². The Balaban J connectivity index is 1.93. The zero-order valence-electron chi connectivity index (χ0n) is 9.86. The van der Waals surface area contributed by atoms with E-state index in [2.05, 4.69) is 4.90 Å². The van der Waals surface area contributed by atoms with E-state index >= 15 is 0 Å². The molecule has 4 heteroatoms. The fourth-order valence-electron chi connectivity index (χ4n) is 2.20. The maximum Gasteiger partial charge on any atom is 0.305 e. The second-order valence-corrected chi connectivity index (χ2v) is 4.79. The number of halogens is 1. The lowest BCUT2D eigenvalue weighted by atomic mass is 10.1. The van der Waals surface area contributed by atoms with Crippen LogP contribution in [0.25, 0.3) is 0 Å². The molecule has 1 unspecified atom stereocenters. The number of rotatable bonds is 3. The lowest BCUT2D eigenvalue weighted by Crippen LogP contribution is -2.20. The molecule has 92 valence electrons. The minimum absolute atomic E-state index is 0.118. The highest BCUT2D eigenvalue weighted by Crippen LogP contribution is 2.26. The van der Waals surface area contributed by atoms with Gasteiger partial charge in [-0.3, -0.25) is 4.79 Å². The van der Waals surface area contributed by atoms with Crippen LogP contribution in [0.1, 0.15) is 12.8 Å². The quantitative estimate of drug-likeness (QED) is 0.776. The molecule has 1 heterocycles. The fraction of sp³-hybridized carbons (Fsp3) is 0.462. The molecule has 3 nitrogen and oxygen atoms in total. The van der Waals surface area contributed by atoms with Crippen LogP contribution in [0.15, 0.2) is 24.3 Å². The van der Waals surface area contributed by atoms with Gasteiger partial charge in [0.1, 0.15) is 0 Å². The maximum absolute atomic E-state index is 11.2. The van der Waals surface area contributed by atoms with Crippen molar-refractivity contribution < 1.29 is 9.53 Å². The molecule has 1 aliphatic rings. The van der Waals surface area contributed by atoms with Crippen molar-refractivity contribution in [2.75, 3.05) is 25.1 Å². The number of methoxy groups -OCH3 is 1. The van der Waals surface area contributed by atoms with Gasteiger partial charge in [-0.15, -0.1) is 0 Å². The van der Waals surface area contributed by atoms with Crippen LogP contribution in [-0.4, -0.2) is 26.2 Å². The minimum Gasteiger partial charge on any atom is -0.469 e. The molecule has 0 N–H and O–H groups in total. The number of esters is 1. The monoisotopic (exact) mass is 253 g/mol. The molecule has 0 aliphatic carbocycles. The molecule has 0 saturated carbocycles. The van der Waals surface area contributed by atoms with Crippen molar-refractivity contribution in [1.29, 1.82) is 0 Å². The summed E-state index contributed by atoms with van der Waals surface area (Å²) in [5.41, 5.74) is 1.17. The summed E-state index contributed by atoms with van der Waals surface area (Å²) in [5, 5.41) is 0.749. The number of carbonyl (C=O) groups is 1. The van der Waals surface area contributed by atoms with Gasteiger partial charge in [0, 0.05) is 23.8 Å². The van der Waals surface area contributed by atoms with Gasteiger partial charge in [0.05, 0.1) is 13.5 Å². The summed E-state index contributed by atoms with van der Waals surface area (Å²) < 4.78 is 4.69. The van der Waals surface area contributed by atoms with E-state index in [0.717, 1.165) is 24.5 Å². The van der Waals surface area contributed by atoms with Crippen molar-refractivity contribution in [2.45, 2.75) is 12.8 Å². The molecule has 1 saturated heterocycles. The predicted octanol–water partition coefficient (Wildman–Crippen LogP) is 2.73. The highest BCUT2D eigenvalue weighted by Gasteiger charge is 2.24. The molecule has 2 rings (SSSR count). The molecular weight excluding hydrogens is 238 g/mol. The van der Waals surface area contributed by atoms with Gasteiger partial charge in [0.2, 0.25) is 0 Å². The molecule has 0 radical (unpaired) electrons. The first-order chi connectivity index (χ1) is 8.19. The van der Waals surface area contributed by atoms with Crippen molar-refractivity contribution in [2.24, 2.45) is 5.92 Å². The molecule has 0 amide bonds. The first-order valence-electron chi connectivity index (χ1n) is 5.76. The zero-order valence-corrected chi connectivity index (χ0v) is 10.6. The van der Waals surface area contributed by atoms with Crippen LogP contribution >= 0.6 is 11.6 Å². The third-order valence-corrected chi connectivity index (χ3v) is 3.41. The average molecular weight is 254 g/mol. The topological polar surface area (TPSA) is 29.5 Å². The Morgan fingerprint density at radius 1 is 1.47 bits per heavy atom. The summed E-state index contributed by atoms with van der Waals surface area (Å²) in [5.74, 6) is 0.283. The molecule has 1 aromatic carbocycles. The zero-order chi connectivity index (χ0) is 12.3. The Morgan fingerprint density at radius 3 is 2.82 bits per heavy atom. The molecule has 0 aromatic heterocycles. The number of carbonyl (C=O) groups excluding carboxylic acids is 1. The van der Waals surface area contributed by atoms with Crippen LogP contribution in [-0.2, 0) is 9.53 Å². The van der Waals surface area contributed by atoms with Gasteiger partial charge in [-0.1, -0.05) is 11.6 Å². The summed E-state index contributed by atoms with van der Waals surface area (Å²) in [6.07, 6.45) is 1.55. The minimum atomic E-state index is -0.118. The van der Waals surface area contributed by atoms with Crippen molar-refractivity contribution in [1.82, 2.24) is 0 Å². The normalized spacial score (nSPS) is 19.4. The second-order valence-electron chi connectivity index (χ2n) is 4.36. The van der Waals surface area contributed by atoms with Gasteiger partial charge >= 0.3 is 5.97 Å². The Morgan fingerprint density at radius 2 is 2.18 bits per heavy atom. The first kappa shape index (κ1) is 12.2. The summed E-state index contributed by atoms with van der Waals surface area (Å²) in [6, 6.07) is 7.82. The fourth-order valence-corrected chi connectivity index (χ4v) is 2.33. The highest BCUT2D eigenvalue weighted by molar-refractivity contribution is 6.30. The molecule has 1 aromatic rings. The third-order valence-electron chi connectivity index (χ3n) is 3.16.